The molecular weight excluding hydrogens is 124 g/mol. The van der Waals surface area contributed by atoms with Gasteiger partial charge in [-0.3, -0.25) is 0 Å². The lowest BCUT2D eigenvalue weighted by atomic mass is 9.79. The summed E-state index contributed by atoms with van der Waals surface area (Å²) in [6.07, 6.45) is 7.72. The van der Waals surface area contributed by atoms with E-state index in [1.165, 1.54) is 19.3 Å². The molecule has 0 aromatic heterocycles. The number of hydrogen-bond acceptors (Lipinski definition) is 1. The molecule has 1 aliphatic carbocycles. The van der Waals surface area contributed by atoms with Crippen LogP contribution in [-0.2, 0) is 0 Å². The van der Waals surface area contributed by atoms with Gasteiger partial charge in [0.05, 0.1) is 6.10 Å². The minimum Gasteiger partial charge on any atom is -0.393 e. The van der Waals surface area contributed by atoms with Crippen molar-refractivity contribution in [2.75, 3.05) is 0 Å². The topological polar surface area (TPSA) is 20.2 Å². The highest BCUT2D eigenvalue weighted by Crippen LogP contribution is 2.31. The molecule has 0 aromatic carbocycles. The van der Waals surface area contributed by atoms with E-state index in [9.17, 15) is 5.11 Å². The van der Waals surface area contributed by atoms with Crippen LogP contribution in [0.25, 0.3) is 0 Å². The van der Waals surface area contributed by atoms with Crippen LogP contribution in [0.2, 0.25) is 0 Å². The first-order chi connectivity index (χ1) is 4.84. The summed E-state index contributed by atoms with van der Waals surface area (Å²) >= 11 is 0. The molecule has 2 unspecified atom stereocenters. The Morgan fingerprint density at radius 2 is 2.30 bits per heavy atom. The molecular formula is C9H16O. The van der Waals surface area contributed by atoms with Crippen molar-refractivity contribution >= 4 is 0 Å². The lowest BCUT2D eigenvalue weighted by molar-refractivity contribution is 0.0186. The molecule has 1 aliphatic rings. The highest BCUT2D eigenvalue weighted by atomic mass is 16.3. The van der Waals surface area contributed by atoms with Crippen LogP contribution >= 0.6 is 0 Å². The molecule has 10 heavy (non-hydrogen) atoms. The summed E-state index contributed by atoms with van der Waals surface area (Å²) in [4.78, 5) is 0. The first kappa shape index (κ1) is 7.80. The first-order valence-corrected chi connectivity index (χ1v) is 4.13. The molecule has 1 heteroatoms. The fourth-order valence-corrected chi connectivity index (χ4v) is 1.41. The van der Waals surface area contributed by atoms with E-state index in [1.807, 2.05) is 6.08 Å². The average Bonchev–Trinajstić information content (AvgIpc) is 1.95. The van der Waals surface area contributed by atoms with Crippen LogP contribution in [0.5, 0.6) is 0 Å². The van der Waals surface area contributed by atoms with Gasteiger partial charge < -0.3 is 5.11 Å². The van der Waals surface area contributed by atoms with Crippen LogP contribution < -0.4 is 0 Å². The minimum absolute atomic E-state index is 0.0183. The van der Waals surface area contributed by atoms with Gasteiger partial charge in [-0.1, -0.05) is 6.08 Å². The normalized spacial score (nSPS) is 31.3. The maximum atomic E-state index is 9.18. The summed E-state index contributed by atoms with van der Waals surface area (Å²) < 4.78 is 0. The first-order valence-electron chi connectivity index (χ1n) is 4.13. The molecule has 1 rings (SSSR count). The fourth-order valence-electron chi connectivity index (χ4n) is 1.41. The van der Waals surface area contributed by atoms with E-state index < -0.39 is 0 Å². The predicted octanol–water partition coefficient (Wildman–Crippen LogP) is 2.11. The summed E-state index contributed by atoms with van der Waals surface area (Å²) in [5.74, 6) is 0.611. The Morgan fingerprint density at radius 3 is 2.70 bits per heavy atom. The van der Waals surface area contributed by atoms with Gasteiger partial charge in [-0.25, -0.2) is 0 Å². The quantitative estimate of drug-likeness (QED) is 0.468. The molecule has 1 N–H and O–H groups in total. The minimum atomic E-state index is 0.0183. The van der Waals surface area contributed by atoms with Crippen molar-refractivity contribution in [3.63, 3.8) is 0 Å². The second-order valence-electron chi connectivity index (χ2n) is 3.12. The van der Waals surface area contributed by atoms with E-state index in [-0.39, 0.29) is 6.10 Å². The Hall–Kier alpha value is -0.300. The van der Waals surface area contributed by atoms with E-state index in [2.05, 4.69) is 6.58 Å². The van der Waals surface area contributed by atoms with Crippen molar-refractivity contribution in [2.45, 2.75) is 38.2 Å². The van der Waals surface area contributed by atoms with Gasteiger partial charge in [0.2, 0.25) is 0 Å². The van der Waals surface area contributed by atoms with Gasteiger partial charge in [0, 0.05) is 0 Å². The van der Waals surface area contributed by atoms with Crippen LogP contribution in [0.4, 0.5) is 0 Å². The van der Waals surface area contributed by atoms with Crippen LogP contribution in [-0.4, -0.2) is 11.2 Å². The SMILES string of the molecule is C=CCCCC1CCC1O. The summed E-state index contributed by atoms with van der Waals surface area (Å²) in [7, 11) is 0. The van der Waals surface area contributed by atoms with Gasteiger partial charge in [-0.2, -0.15) is 0 Å². The summed E-state index contributed by atoms with van der Waals surface area (Å²) in [6, 6.07) is 0. The third kappa shape index (κ3) is 1.84. The number of unbranched alkanes of at least 4 members (excludes halogenated alkanes) is 1. The van der Waals surface area contributed by atoms with Gasteiger partial charge >= 0.3 is 0 Å². The zero-order valence-corrected chi connectivity index (χ0v) is 6.42. The highest BCUT2D eigenvalue weighted by Gasteiger charge is 2.27. The summed E-state index contributed by atoms with van der Waals surface area (Å²) in [6.45, 7) is 3.66. The van der Waals surface area contributed by atoms with Crippen molar-refractivity contribution in [3.8, 4) is 0 Å². The second kappa shape index (κ2) is 3.77. The lowest BCUT2D eigenvalue weighted by Crippen LogP contribution is -2.30. The molecule has 1 fully saturated rings. The number of rotatable bonds is 4. The molecule has 0 amide bonds. The van der Waals surface area contributed by atoms with Crippen molar-refractivity contribution < 1.29 is 5.11 Å². The zero-order valence-electron chi connectivity index (χ0n) is 6.42. The Labute approximate surface area is 62.8 Å². The molecule has 1 saturated carbocycles. The van der Waals surface area contributed by atoms with E-state index in [1.54, 1.807) is 0 Å². The molecule has 0 aliphatic heterocycles. The third-order valence-electron chi connectivity index (χ3n) is 2.36. The van der Waals surface area contributed by atoms with E-state index in [4.69, 9.17) is 0 Å². The number of allylic oxidation sites excluding steroid dienone is 1. The summed E-state index contributed by atoms with van der Waals surface area (Å²) in [5, 5.41) is 9.18. The zero-order chi connectivity index (χ0) is 7.40. The molecule has 1 nitrogen and oxygen atoms in total. The van der Waals surface area contributed by atoms with Crippen LogP contribution in [0, 0.1) is 5.92 Å². The standard InChI is InChI=1S/C9H16O/c1-2-3-4-5-8-6-7-9(8)10/h2,8-10H,1,3-7H2. The van der Waals surface area contributed by atoms with E-state index in [0.717, 1.165) is 12.8 Å². The largest absolute Gasteiger partial charge is 0.393 e. The second-order valence-corrected chi connectivity index (χ2v) is 3.12. The average molecular weight is 140 g/mol. The maximum Gasteiger partial charge on any atom is 0.0568 e. The monoisotopic (exact) mass is 140 g/mol. The highest BCUT2D eigenvalue weighted by molar-refractivity contribution is 4.80. The van der Waals surface area contributed by atoms with Crippen molar-refractivity contribution in [2.24, 2.45) is 5.92 Å². The molecule has 0 spiro atoms. The molecule has 0 saturated heterocycles. The third-order valence-corrected chi connectivity index (χ3v) is 2.36. The smallest absolute Gasteiger partial charge is 0.0568 e. The van der Waals surface area contributed by atoms with Crippen LogP contribution in [0.1, 0.15) is 32.1 Å². The predicted molar refractivity (Wildman–Crippen MR) is 42.8 cm³/mol. The van der Waals surface area contributed by atoms with Crippen molar-refractivity contribution in [1.29, 1.82) is 0 Å². The van der Waals surface area contributed by atoms with Gasteiger partial charge in [0.15, 0.2) is 0 Å². The molecule has 2 atom stereocenters. The van der Waals surface area contributed by atoms with E-state index in [0.29, 0.717) is 5.92 Å². The summed E-state index contributed by atoms with van der Waals surface area (Å²) in [5.41, 5.74) is 0. The van der Waals surface area contributed by atoms with Gasteiger partial charge in [0.1, 0.15) is 0 Å². The Bertz CT molecular complexity index is 109. The number of aliphatic hydroxyl groups excluding tert-OH is 1. The van der Waals surface area contributed by atoms with Crippen LogP contribution in [0.15, 0.2) is 12.7 Å². The number of aliphatic hydroxyl groups is 1. The maximum absolute atomic E-state index is 9.18. The molecule has 0 radical (unpaired) electrons. The molecule has 58 valence electrons. The Kier molecular flexibility index (Phi) is 2.94. The van der Waals surface area contributed by atoms with Gasteiger partial charge in [-0.15, -0.1) is 6.58 Å². The molecule has 0 bridgehead atoms. The Balaban J connectivity index is 1.97. The lowest BCUT2D eigenvalue weighted by Gasteiger charge is -2.32. The van der Waals surface area contributed by atoms with E-state index >= 15 is 0 Å². The van der Waals surface area contributed by atoms with Crippen LogP contribution in [0.3, 0.4) is 0 Å². The Morgan fingerprint density at radius 1 is 1.50 bits per heavy atom. The number of hydrogen-bond donors (Lipinski definition) is 1. The van der Waals surface area contributed by atoms with Gasteiger partial charge in [0.25, 0.3) is 0 Å². The van der Waals surface area contributed by atoms with Crippen molar-refractivity contribution in [3.05, 3.63) is 12.7 Å². The molecule has 0 aromatic rings. The van der Waals surface area contributed by atoms with Gasteiger partial charge in [-0.05, 0) is 38.0 Å². The van der Waals surface area contributed by atoms with Crippen molar-refractivity contribution in [1.82, 2.24) is 0 Å². The fraction of sp³-hybridized carbons (Fsp3) is 0.778. The molecule has 0 heterocycles.